The molecule has 0 amide bonds. The van der Waals surface area contributed by atoms with Gasteiger partial charge in [0, 0.05) is 23.6 Å². The van der Waals surface area contributed by atoms with Crippen molar-refractivity contribution in [2.75, 3.05) is 11.9 Å². The molecule has 98 valence electrons. The van der Waals surface area contributed by atoms with Gasteiger partial charge in [-0.2, -0.15) is 0 Å². The zero-order chi connectivity index (χ0) is 13.8. The first-order chi connectivity index (χ1) is 9.13. The Morgan fingerprint density at radius 2 is 1.95 bits per heavy atom. The molecule has 0 saturated carbocycles. The van der Waals surface area contributed by atoms with Gasteiger partial charge in [-0.1, -0.05) is 40.2 Å². The third kappa shape index (κ3) is 3.01. The Hall–Kier alpha value is -1.68. The van der Waals surface area contributed by atoms with Crippen LogP contribution in [0.2, 0.25) is 0 Å². The minimum Gasteiger partial charge on any atom is -0.367 e. The Morgan fingerprint density at radius 3 is 2.63 bits per heavy atom. The van der Waals surface area contributed by atoms with Gasteiger partial charge in [-0.25, -0.2) is 4.39 Å². The van der Waals surface area contributed by atoms with Crippen LogP contribution in [0.15, 0.2) is 46.9 Å². The van der Waals surface area contributed by atoms with Crippen LogP contribution >= 0.6 is 15.9 Å². The van der Waals surface area contributed by atoms with Crippen molar-refractivity contribution < 1.29 is 9.18 Å². The quantitative estimate of drug-likeness (QED) is 0.792. The smallest absolute Gasteiger partial charge is 0.152 e. The van der Waals surface area contributed by atoms with Gasteiger partial charge in [-0.05, 0) is 23.8 Å². The highest BCUT2D eigenvalue weighted by Crippen LogP contribution is 2.25. The first kappa shape index (κ1) is 13.7. The molecule has 19 heavy (non-hydrogen) atoms. The number of anilines is 1. The van der Waals surface area contributed by atoms with Crippen molar-refractivity contribution in [3.63, 3.8) is 0 Å². The van der Waals surface area contributed by atoms with Gasteiger partial charge in [-0.3, -0.25) is 4.79 Å². The van der Waals surface area contributed by atoms with Gasteiger partial charge in [-0.15, -0.1) is 0 Å². The van der Waals surface area contributed by atoms with E-state index in [1.54, 1.807) is 18.0 Å². The van der Waals surface area contributed by atoms with Crippen LogP contribution in [-0.2, 0) is 6.54 Å². The maximum Gasteiger partial charge on any atom is 0.152 e. The lowest BCUT2D eigenvalue weighted by Crippen LogP contribution is -2.19. The molecule has 0 aliphatic heterocycles. The van der Waals surface area contributed by atoms with E-state index in [1.807, 2.05) is 24.3 Å². The zero-order valence-corrected chi connectivity index (χ0v) is 12.0. The highest BCUT2D eigenvalue weighted by molar-refractivity contribution is 9.10. The van der Waals surface area contributed by atoms with Crippen molar-refractivity contribution >= 4 is 27.9 Å². The van der Waals surface area contributed by atoms with Crippen molar-refractivity contribution in [1.82, 2.24) is 0 Å². The Balaban J connectivity index is 2.33. The average Bonchev–Trinajstić information content (AvgIpc) is 2.40. The lowest BCUT2D eigenvalue weighted by molar-refractivity contribution is 0.112. The maximum absolute atomic E-state index is 13.9. The van der Waals surface area contributed by atoms with Crippen LogP contribution in [0.3, 0.4) is 0 Å². The van der Waals surface area contributed by atoms with E-state index in [-0.39, 0.29) is 5.82 Å². The van der Waals surface area contributed by atoms with Crippen LogP contribution in [0.5, 0.6) is 0 Å². The summed E-state index contributed by atoms with van der Waals surface area (Å²) in [4.78, 5) is 12.7. The van der Waals surface area contributed by atoms with E-state index in [0.717, 1.165) is 10.0 Å². The number of nitrogens with zero attached hydrogens (tertiary/aromatic N) is 1. The van der Waals surface area contributed by atoms with Crippen LogP contribution in [0.25, 0.3) is 0 Å². The molecule has 0 heterocycles. The fourth-order valence-electron chi connectivity index (χ4n) is 1.99. The van der Waals surface area contributed by atoms with E-state index in [9.17, 15) is 9.18 Å². The maximum atomic E-state index is 13.9. The van der Waals surface area contributed by atoms with Gasteiger partial charge < -0.3 is 4.90 Å². The van der Waals surface area contributed by atoms with Crippen molar-refractivity contribution in [2.24, 2.45) is 0 Å². The third-order valence-electron chi connectivity index (χ3n) is 2.89. The number of carbonyl (C=O) groups excluding carboxylic acids is 1. The van der Waals surface area contributed by atoms with Crippen LogP contribution < -0.4 is 4.90 Å². The Kier molecular flexibility index (Phi) is 4.32. The van der Waals surface area contributed by atoms with E-state index >= 15 is 0 Å². The second-order valence-corrected chi connectivity index (χ2v) is 5.10. The molecule has 0 atom stereocenters. The van der Waals surface area contributed by atoms with Crippen molar-refractivity contribution in [3.8, 4) is 0 Å². The summed E-state index contributed by atoms with van der Waals surface area (Å²) in [6.45, 7) is 0.517. The number of hydrogen-bond acceptors (Lipinski definition) is 2. The van der Waals surface area contributed by atoms with E-state index in [0.29, 0.717) is 24.1 Å². The molecule has 0 aromatic heterocycles. The minimum atomic E-state index is -0.390. The molecule has 2 nitrogen and oxygen atoms in total. The molecule has 0 unspecified atom stereocenters. The van der Waals surface area contributed by atoms with E-state index in [4.69, 9.17) is 0 Å². The number of carbonyl (C=O) groups is 1. The summed E-state index contributed by atoms with van der Waals surface area (Å²) < 4.78 is 14.8. The minimum absolute atomic E-state index is 0.327. The number of hydrogen-bond donors (Lipinski definition) is 0. The molecule has 2 rings (SSSR count). The Morgan fingerprint density at radius 1 is 1.21 bits per heavy atom. The molecule has 4 heteroatoms. The molecule has 0 bridgehead atoms. The largest absolute Gasteiger partial charge is 0.367 e. The van der Waals surface area contributed by atoms with Crippen LogP contribution in [0.1, 0.15) is 15.9 Å². The Bertz CT molecular complexity index is 600. The van der Waals surface area contributed by atoms with Gasteiger partial charge in [0.25, 0.3) is 0 Å². The van der Waals surface area contributed by atoms with Crippen LogP contribution in [0, 0.1) is 5.82 Å². The van der Waals surface area contributed by atoms with E-state index in [1.165, 1.54) is 12.1 Å². The second-order valence-electron chi connectivity index (χ2n) is 4.24. The topological polar surface area (TPSA) is 20.3 Å². The fourth-order valence-corrected chi connectivity index (χ4v) is 2.40. The zero-order valence-electron chi connectivity index (χ0n) is 10.4. The molecule has 2 aromatic rings. The monoisotopic (exact) mass is 321 g/mol. The summed E-state index contributed by atoms with van der Waals surface area (Å²) in [5.41, 5.74) is 1.72. The molecule has 0 spiro atoms. The van der Waals surface area contributed by atoms with Crippen molar-refractivity contribution in [3.05, 3.63) is 63.9 Å². The predicted octanol–water partition coefficient (Wildman–Crippen LogP) is 4.04. The van der Waals surface area contributed by atoms with Crippen molar-refractivity contribution in [2.45, 2.75) is 6.54 Å². The SMILES string of the molecule is CN(Cc1ccccc1Br)c1c(F)cccc1C=O. The lowest BCUT2D eigenvalue weighted by atomic mass is 10.1. The summed E-state index contributed by atoms with van der Waals surface area (Å²) in [6.07, 6.45) is 0.676. The normalized spacial score (nSPS) is 10.3. The van der Waals surface area contributed by atoms with E-state index < -0.39 is 0 Å². The molecule has 0 N–H and O–H groups in total. The Labute approximate surface area is 120 Å². The lowest BCUT2D eigenvalue weighted by Gasteiger charge is -2.22. The summed E-state index contributed by atoms with van der Waals surface area (Å²) in [5.74, 6) is -0.390. The molecule has 0 aliphatic rings. The average molecular weight is 322 g/mol. The summed E-state index contributed by atoms with van der Waals surface area (Å²) >= 11 is 3.46. The molecular formula is C15H13BrFNO. The van der Waals surface area contributed by atoms with Gasteiger partial charge in [0.15, 0.2) is 6.29 Å². The highest BCUT2D eigenvalue weighted by atomic mass is 79.9. The number of aldehydes is 1. The third-order valence-corrected chi connectivity index (χ3v) is 3.67. The van der Waals surface area contributed by atoms with Gasteiger partial charge in [0.05, 0.1) is 5.69 Å². The number of rotatable bonds is 4. The van der Waals surface area contributed by atoms with E-state index in [2.05, 4.69) is 15.9 Å². The summed E-state index contributed by atoms with van der Waals surface area (Å²) in [6, 6.07) is 12.3. The van der Waals surface area contributed by atoms with Crippen LogP contribution in [0.4, 0.5) is 10.1 Å². The number of benzene rings is 2. The highest BCUT2D eigenvalue weighted by Gasteiger charge is 2.13. The van der Waals surface area contributed by atoms with Gasteiger partial charge >= 0.3 is 0 Å². The molecular weight excluding hydrogens is 309 g/mol. The molecule has 0 saturated heterocycles. The second kappa shape index (κ2) is 5.97. The molecule has 0 aliphatic carbocycles. The first-order valence-corrected chi connectivity index (χ1v) is 6.61. The molecule has 0 fully saturated rings. The van der Waals surface area contributed by atoms with Crippen molar-refractivity contribution in [1.29, 1.82) is 0 Å². The summed E-state index contributed by atoms with van der Waals surface area (Å²) in [7, 11) is 1.77. The van der Waals surface area contributed by atoms with Gasteiger partial charge in [0.1, 0.15) is 5.82 Å². The number of halogens is 2. The summed E-state index contributed by atoms with van der Waals surface area (Å²) in [5, 5.41) is 0. The molecule has 2 aromatic carbocycles. The first-order valence-electron chi connectivity index (χ1n) is 5.81. The number of para-hydroxylation sites is 1. The van der Waals surface area contributed by atoms with Crippen LogP contribution in [-0.4, -0.2) is 13.3 Å². The predicted molar refractivity (Wildman–Crippen MR) is 78.0 cm³/mol. The molecule has 0 radical (unpaired) electrons. The standard InChI is InChI=1S/C15H13BrFNO/c1-18(9-11-5-2-3-7-13(11)16)15-12(10-19)6-4-8-14(15)17/h2-8,10H,9H2,1H3. The van der Waals surface area contributed by atoms with Gasteiger partial charge in [0.2, 0.25) is 0 Å². The fraction of sp³-hybridized carbons (Fsp3) is 0.133.